The Kier molecular flexibility index (Phi) is 4.01. The van der Waals surface area contributed by atoms with E-state index in [1.54, 1.807) is 11.0 Å². The lowest BCUT2D eigenvalue weighted by Crippen LogP contribution is -2.30. The fourth-order valence-corrected chi connectivity index (χ4v) is 1.83. The van der Waals surface area contributed by atoms with Crippen LogP contribution in [0, 0.1) is 5.82 Å². The second-order valence-electron chi connectivity index (χ2n) is 3.79. The minimum absolute atomic E-state index is 0.0686. The van der Waals surface area contributed by atoms with Crippen LogP contribution in [0.5, 0.6) is 0 Å². The van der Waals surface area contributed by atoms with Crippen molar-refractivity contribution < 1.29 is 14.6 Å². The Labute approximate surface area is 104 Å². The zero-order chi connectivity index (χ0) is 13.0. The molecule has 0 aliphatic rings. The molecule has 0 spiro atoms. The number of hydrogen-bond acceptors (Lipinski definition) is 5. The van der Waals surface area contributed by atoms with Gasteiger partial charge in [-0.2, -0.15) is 0 Å². The van der Waals surface area contributed by atoms with Crippen LogP contribution < -0.4 is 4.90 Å². The van der Waals surface area contributed by atoms with Gasteiger partial charge in [-0.15, -0.1) is 0 Å². The Morgan fingerprint density at radius 1 is 1.11 bits per heavy atom. The van der Waals surface area contributed by atoms with Crippen LogP contribution in [0.4, 0.5) is 10.2 Å². The van der Waals surface area contributed by atoms with Crippen LogP contribution in [-0.2, 0) is 0 Å². The molecule has 0 atom stereocenters. The van der Waals surface area contributed by atoms with Gasteiger partial charge in [-0.1, -0.05) is 0 Å². The minimum atomic E-state index is -0.369. The summed E-state index contributed by atoms with van der Waals surface area (Å²) in [5, 5.41) is 18.6. The summed E-state index contributed by atoms with van der Waals surface area (Å²) in [6.45, 7) is 0.508. The molecule has 2 aromatic rings. The first-order valence-corrected chi connectivity index (χ1v) is 5.63. The molecular formula is C12H14FN3O2. The highest BCUT2D eigenvalue weighted by molar-refractivity contribution is 5.89. The number of benzene rings is 1. The van der Waals surface area contributed by atoms with E-state index >= 15 is 0 Å². The quantitative estimate of drug-likeness (QED) is 0.812. The SMILES string of the molecule is OCCN(CCO)c1ncnc2ccc(F)cc12. The van der Waals surface area contributed by atoms with E-state index in [4.69, 9.17) is 10.2 Å². The van der Waals surface area contributed by atoms with Crippen LogP contribution in [0.15, 0.2) is 24.5 Å². The highest BCUT2D eigenvalue weighted by atomic mass is 19.1. The number of aliphatic hydroxyl groups excluding tert-OH is 2. The van der Waals surface area contributed by atoms with Crippen molar-refractivity contribution in [1.82, 2.24) is 9.97 Å². The van der Waals surface area contributed by atoms with Crippen LogP contribution >= 0.6 is 0 Å². The van der Waals surface area contributed by atoms with Crippen molar-refractivity contribution in [2.75, 3.05) is 31.2 Å². The van der Waals surface area contributed by atoms with E-state index in [9.17, 15) is 4.39 Å². The highest BCUT2D eigenvalue weighted by Gasteiger charge is 2.12. The van der Waals surface area contributed by atoms with E-state index < -0.39 is 0 Å². The molecule has 0 fully saturated rings. The van der Waals surface area contributed by atoms with Crippen LogP contribution in [-0.4, -0.2) is 46.5 Å². The van der Waals surface area contributed by atoms with E-state index in [-0.39, 0.29) is 19.0 Å². The van der Waals surface area contributed by atoms with Crippen LogP contribution in [0.2, 0.25) is 0 Å². The van der Waals surface area contributed by atoms with Gasteiger partial charge in [0.1, 0.15) is 18.0 Å². The summed E-state index contributed by atoms with van der Waals surface area (Å²) in [5.41, 5.74) is 0.627. The number of aliphatic hydroxyl groups is 2. The summed E-state index contributed by atoms with van der Waals surface area (Å²) in [4.78, 5) is 9.87. The van der Waals surface area contributed by atoms with Gasteiger partial charge >= 0.3 is 0 Å². The van der Waals surface area contributed by atoms with Gasteiger partial charge in [0.2, 0.25) is 0 Å². The third kappa shape index (κ3) is 2.55. The molecule has 0 saturated heterocycles. The molecule has 0 unspecified atom stereocenters. The Balaban J connectivity index is 2.50. The van der Waals surface area contributed by atoms with Crippen LogP contribution in [0.3, 0.4) is 0 Å². The van der Waals surface area contributed by atoms with E-state index in [1.165, 1.54) is 18.5 Å². The van der Waals surface area contributed by atoms with Gasteiger partial charge in [0.25, 0.3) is 0 Å². The number of hydrogen-bond donors (Lipinski definition) is 2. The van der Waals surface area contributed by atoms with Gasteiger partial charge in [-0.25, -0.2) is 14.4 Å². The maximum absolute atomic E-state index is 13.3. The molecule has 6 heteroatoms. The molecule has 0 saturated carbocycles. The number of halogens is 1. The Bertz CT molecular complexity index is 530. The summed E-state index contributed by atoms with van der Waals surface area (Å²) >= 11 is 0. The summed E-state index contributed by atoms with van der Waals surface area (Å²) in [5.74, 6) is 0.147. The average Bonchev–Trinajstić information content (AvgIpc) is 2.38. The maximum Gasteiger partial charge on any atom is 0.140 e. The minimum Gasteiger partial charge on any atom is -0.395 e. The van der Waals surface area contributed by atoms with Crippen molar-refractivity contribution in [2.24, 2.45) is 0 Å². The van der Waals surface area contributed by atoms with Crippen molar-refractivity contribution in [1.29, 1.82) is 0 Å². The smallest absolute Gasteiger partial charge is 0.140 e. The average molecular weight is 251 g/mol. The summed E-state index contributed by atoms with van der Waals surface area (Å²) < 4.78 is 13.3. The van der Waals surface area contributed by atoms with Gasteiger partial charge < -0.3 is 15.1 Å². The first-order chi connectivity index (χ1) is 8.76. The number of anilines is 1. The van der Waals surface area contributed by atoms with Gasteiger partial charge in [0, 0.05) is 18.5 Å². The number of aromatic nitrogens is 2. The molecule has 1 aromatic heterocycles. The number of rotatable bonds is 5. The van der Waals surface area contributed by atoms with Crippen LogP contribution in [0.25, 0.3) is 10.9 Å². The molecular weight excluding hydrogens is 237 g/mol. The molecule has 18 heavy (non-hydrogen) atoms. The fourth-order valence-electron chi connectivity index (χ4n) is 1.83. The summed E-state index contributed by atoms with van der Waals surface area (Å²) in [7, 11) is 0. The molecule has 1 heterocycles. The van der Waals surface area contributed by atoms with Crippen molar-refractivity contribution in [3.63, 3.8) is 0 Å². The molecule has 96 valence electrons. The topological polar surface area (TPSA) is 69.5 Å². The third-order valence-electron chi connectivity index (χ3n) is 2.62. The van der Waals surface area contributed by atoms with Crippen molar-refractivity contribution in [3.05, 3.63) is 30.3 Å². The Morgan fingerprint density at radius 2 is 1.83 bits per heavy atom. The normalized spacial score (nSPS) is 10.8. The predicted octanol–water partition coefficient (Wildman–Crippen LogP) is 0.560. The first-order valence-electron chi connectivity index (χ1n) is 5.63. The van der Waals surface area contributed by atoms with Crippen LogP contribution in [0.1, 0.15) is 0 Å². The molecule has 2 N–H and O–H groups in total. The summed E-state index contributed by atoms with van der Waals surface area (Å²) in [6, 6.07) is 4.26. The standard InChI is InChI=1S/C12H14FN3O2/c13-9-1-2-11-10(7-9)12(15-8-14-11)16(3-5-17)4-6-18/h1-2,7-8,17-18H,3-6H2. The molecule has 2 rings (SSSR count). The zero-order valence-electron chi connectivity index (χ0n) is 9.75. The van der Waals surface area contributed by atoms with E-state index in [0.717, 1.165) is 0 Å². The van der Waals surface area contributed by atoms with Gasteiger partial charge in [0.15, 0.2) is 0 Å². The molecule has 0 aliphatic heterocycles. The second kappa shape index (κ2) is 5.70. The monoisotopic (exact) mass is 251 g/mol. The Morgan fingerprint density at radius 3 is 2.50 bits per heavy atom. The van der Waals surface area contributed by atoms with Crippen molar-refractivity contribution in [2.45, 2.75) is 0 Å². The molecule has 0 radical (unpaired) electrons. The van der Waals surface area contributed by atoms with Crippen molar-refractivity contribution >= 4 is 16.7 Å². The lowest BCUT2D eigenvalue weighted by molar-refractivity contribution is 0.281. The summed E-state index contributed by atoms with van der Waals surface area (Å²) in [6.07, 6.45) is 1.39. The fraction of sp³-hybridized carbons (Fsp3) is 0.333. The largest absolute Gasteiger partial charge is 0.395 e. The lowest BCUT2D eigenvalue weighted by atomic mass is 10.2. The predicted molar refractivity (Wildman–Crippen MR) is 65.9 cm³/mol. The molecule has 0 aliphatic carbocycles. The van der Waals surface area contributed by atoms with Crippen molar-refractivity contribution in [3.8, 4) is 0 Å². The number of nitrogens with zero attached hydrogens (tertiary/aromatic N) is 3. The first kappa shape index (κ1) is 12.7. The molecule has 0 amide bonds. The Hall–Kier alpha value is -1.79. The molecule has 1 aromatic carbocycles. The van der Waals surface area contributed by atoms with Gasteiger partial charge in [-0.3, -0.25) is 0 Å². The second-order valence-corrected chi connectivity index (χ2v) is 3.79. The molecule has 5 nitrogen and oxygen atoms in total. The maximum atomic E-state index is 13.3. The zero-order valence-corrected chi connectivity index (χ0v) is 9.75. The van der Waals surface area contributed by atoms with E-state index in [2.05, 4.69) is 9.97 Å². The highest BCUT2D eigenvalue weighted by Crippen LogP contribution is 2.23. The number of fused-ring (bicyclic) bond motifs is 1. The van der Waals surface area contributed by atoms with Gasteiger partial charge in [-0.05, 0) is 18.2 Å². The third-order valence-corrected chi connectivity index (χ3v) is 2.62. The van der Waals surface area contributed by atoms with E-state index in [1.807, 2.05) is 0 Å². The van der Waals surface area contributed by atoms with E-state index in [0.29, 0.717) is 29.8 Å². The lowest BCUT2D eigenvalue weighted by Gasteiger charge is -2.22. The van der Waals surface area contributed by atoms with Gasteiger partial charge in [0.05, 0.1) is 18.7 Å². The molecule has 0 bridgehead atoms.